The van der Waals surface area contributed by atoms with E-state index in [1.165, 1.54) is 24.8 Å². The van der Waals surface area contributed by atoms with Gasteiger partial charge in [-0.25, -0.2) is 0 Å². The molecule has 0 aliphatic carbocycles. The maximum Gasteiger partial charge on any atom is 0.231 e. The largest absolute Gasteiger partial charge is 0.454 e. The van der Waals surface area contributed by atoms with Crippen molar-refractivity contribution in [2.24, 2.45) is 0 Å². The molecule has 0 spiro atoms. The molecule has 86 valence electrons. The topological polar surface area (TPSA) is 30.5 Å². The first kappa shape index (κ1) is 10.4. The van der Waals surface area contributed by atoms with Gasteiger partial charge in [-0.05, 0) is 46.9 Å². The number of rotatable bonds is 1. The van der Waals surface area contributed by atoms with Crippen LogP contribution in [0.2, 0.25) is 0 Å². The molecule has 1 unspecified atom stereocenters. The Morgan fingerprint density at radius 2 is 2.19 bits per heavy atom. The lowest BCUT2D eigenvalue weighted by Crippen LogP contribution is -2.27. The maximum absolute atomic E-state index is 5.46. The zero-order valence-corrected chi connectivity index (χ0v) is 10.5. The minimum Gasteiger partial charge on any atom is -0.454 e. The summed E-state index contributed by atoms with van der Waals surface area (Å²) in [5.41, 5.74) is 1.28. The van der Waals surface area contributed by atoms with E-state index >= 15 is 0 Å². The summed E-state index contributed by atoms with van der Waals surface area (Å²) in [6.45, 7) is 1.43. The molecule has 1 aromatic carbocycles. The third-order valence-electron chi connectivity index (χ3n) is 3.19. The predicted octanol–water partition coefficient (Wildman–Crippen LogP) is 2.99. The van der Waals surface area contributed by atoms with Gasteiger partial charge < -0.3 is 14.8 Å². The van der Waals surface area contributed by atoms with Crippen molar-refractivity contribution < 1.29 is 9.47 Å². The summed E-state index contributed by atoms with van der Waals surface area (Å²) in [5, 5.41) is 3.54. The first-order valence-corrected chi connectivity index (χ1v) is 6.47. The van der Waals surface area contributed by atoms with Gasteiger partial charge in [0.15, 0.2) is 11.5 Å². The van der Waals surface area contributed by atoms with Gasteiger partial charge in [0.25, 0.3) is 0 Å². The highest BCUT2D eigenvalue weighted by molar-refractivity contribution is 9.10. The molecule has 3 nitrogen and oxygen atoms in total. The summed E-state index contributed by atoms with van der Waals surface area (Å²) >= 11 is 3.62. The van der Waals surface area contributed by atoms with E-state index in [0.29, 0.717) is 12.8 Å². The van der Waals surface area contributed by atoms with Crippen LogP contribution >= 0.6 is 15.9 Å². The van der Waals surface area contributed by atoms with Gasteiger partial charge in [0.05, 0.1) is 4.47 Å². The Labute approximate surface area is 103 Å². The minimum atomic E-state index is 0.329. The Bertz CT molecular complexity index is 402. The standard InChI is InChI=1S/C12H14BrNO2/c13-11-8(9-3-1-2-6-14-9)4-5-10-12(11)16-7-15-10/h4-5,9,14H,1-3,6-7H2. The van der Waals surface area contributed by atoms with Crippen LogP contribution in [0.3, 0.4) is 0 Å². The monoisotopic (exact) mass is 283 g/mol. The molecular weight excluding hydrogens is 270 g/mol. The fourth-order valence-corrected chi connectivity index (χ4v) is 3.06. The minimum absolute atomic E-state index is 0.329. The fraction of sp³-hybridized carbons (Fsp3) is 0.500. The van der Waals surface area contributed by atoms with Gasteiger partial charge in [-0.1, -0.05) is 12.5 Å². The van der Waals surface area contributed by atoms with Gasteiger partial charge in [-0.15, -0.1) is 0 Å². The first-order chi connectivity index (χ1) is 7.86. The molecule has 0 bridgehead atoms. The molecule has 16 heavy (non-hydrogen) atoms. The summed E-state index contributed by atoms with van der Waals surface area (Å²) in [7, 11) is 0. The Morgan fingerprint density at radius 3 is 3.00 bits per heavy atom. The molecule has 1 atom stereocenters. The van der Waals surface area contributed by atoms with E-state index in [-0.39, 0.29) is 0 Å². The highest BCUT2D eigenvalue weighted by atomic mass is 79.9. The highest BCUT2D eigenvalue weighted by Gasteiger charge is 2.24. The van der Waals surface area contributed by atoms with Crippen molar-refractivity contribution in [2.75, 3.05) is 13.3 Å². The normalized spacial score (nSPS) is 23.4. The zero-order chi connectivity index (χ0) is 11.0. The van der Waals surface area contributed by atoms with Gasteiger partial charge in [-0.3, -0.25) is 0 Å². The summed E-state index contributed by atoms with van der Waals surface area (Å²) in [4.78, 5) is 0. The summed E-state index contributed by atoms with van der Waals surface area (Å²) in [5.74, 6) is 1.69. The number of fused-ring (bicyclic) bond motifs is 1. The van der Waals surface area contributed by atoms with E-state index in [2.05, 4.69) is 27.3 Å². The SMILES string of the molecule is Brc1c(C2CCCCN2)ccc2c1OCO2. The molecule has 1 fully saturated rings. The Balaban J connectivity index is 1.95. The van der Waals surface area contributed by atoms with Crippen LogP contribution in [0.1, 0.15) is 30.9 Å². The van der Waals surface area contributed by atoms with E-state index in [9.17, 15) is 0 Å². The van der Waals surface area contributed by atoms with Crippen LogP contribution < -0.4 is 14.8 Å². The third kappa shape index (κ3) is 1.70. The third-order valence-corrected chi connectivity index (χ3v) is 4.01. The molecule has 4 heteroatoms. The first-order valence-electron chi connectivity index (χ1n) is 5.67. The van der Waals surface area contributed by atoms with Gasteiger partial charge in [-0.2, -0.15) is 0 Å². The second kappa shape index (κ2) is 4.26. The second-order valence-corrected chi connectivity index (χ2v) is 5.00. The Kier molecular flexibility index (Phi) is 2.77. The van der Waals surface area contributed by atoms with Gasteiger partial charge >= 0.3 is 0 Å². The van der Waals surface area contributed by atoms with Gasteiger partial charge in [0.2, 0.25) is 6.79 Å². The van der Waals surface area contributed by atoms with Crippen LogP contribution in [0.15, 0.2) is 16.6 Å². The molecule has 1 N–H and O–H groups in total. The van der Waals surface area contributed by atoms with Crippen LogP contribution in [-0.4, -0.2) is 13.3 Å². The Hall–Kier alpha value is -0.740. The molecule has 0 amide bonds. The van der Waals surface area contributed by atoms with Crippen molar-refractivity contribution in [3.8, 4) is 11.5 Å². The maximum atomic E-state index is 5.46. The predicted molar refractivity (Wildman–Crippen MR) is 64.9 cm³/mol. The number of ether oxygens (including phenoxy) is 2. The Morgan fingerprint density at radius 1 is 1.25 bits per heavy atom. The highest BCUT2D eigenvalue weighted by Crippen LogP contribution is 2.43. The van der Waals surface area contributed by atoms with Gasteiger partial charge in [0, 0.05) is 6.04 Å². The zero-order valence-electron chi connectivity index (χ0n) is 8.96. The van der Waals surface area contributed by atoms with E-state index in [1.807, 2.05) is 6.07 Å². The quantitative estimate of drug-likeness (QED) is 0.860. The van der Waals surface area contributed by atoms with Crippen molar-refractivity contribution in [3.63, 3.8) is 0 Å². The van der Waals surface area contributed by atoms with E-state index < -0.39 is 0 Å². The summed E-state index contributed by atoms with van der Waals surface area (Å²) in [6, 6.07) is 4.57. The van der Waals surface area contributed by atoms with Crippen LogP contribution in [-0.2, 0) is 0 Å². The number of halogens is 1. The number of piperidine rings is 1. The molecule has 1 aromatic rings. The molecule has 2 aliphatic heterocycles. The van der Waals surface area contributed by atoms with E-state index in [0.717, 1.165) is 22.5 Å². The molecule has 3 rings (SSSR count). The molecule has 1 saturated heterocycles. The molecule has 0 radical (unpaired) electrons. The van der Waals surface area contributed by atoms with Crippen LogP contribution in [0, 0.1) is 0 Å². The molecular formula is C12H14BrNO2. The second-order valence-electron chi connectivity index (χ2n) is 4.21. The molecule has 0 saturated carbocycles. The summed E-state index contributed by atoms with van der Waals surface area (Å²) < 4.78 is 11.9. The number of hydrogen-bond donors (Lipinski definition) is 1. The van der Waals surface area contributed by atoms with Crippen LogP contribution in [0.4, 0.5) is 0 Å². The lowest BCUT2D eigenvalue weighted by Gasteiger charge is -2.25. The molecule has 2 heterocycles. The van der Waals surface area contributed by atoms with E-state index in [1.54, 1.807) is 0 Å². The average Bonchev–Trinajstić information content (AvgIpc) is 2.80. The van der Waals surface area contributed by atoms with Crippen molar-refractivity contribution in [3.05, 3.63) is 22.2 Å². The molecule has 2 aliphatic rings. The average molecular weight is 284 g/mol. The van der Waals surface area contributed by atoms with Crippen molar-refractivity contribution in [1.82, 2.24) is 5.32 Å². The van der Waals surface area contributed by atoms with Crippen LogP contribution in [0.25, 0.3) is 0 Å². The van der Waals surface area contributed by atoms with Gasteiger partial charge in [0.1, 0.15) is 0 Å². The van der Waals surface area contributed by atoms with Crippen molar-refractivity contribution in [2.45, 2.75) is 25.3 Å². The lowest BCUT2D eigenvalue weighted by atomic mass is 9.97. The smallest absolute Gasteiger partial charge is 0.231 e. The fourth-order valence-electron chi connectivity index (χ4n) is 2.34. The number of nitrogens with one attached hydrogen (secondary N) is 1. The van der Waals surface area contributed by atoms with Crippen molar-refractivity contribution >= 4 is 15.9 Å². The molecule has 0 aromatic heterocycles. The lowest BCUT2D eigenvalue weighted by molar-refractivity contribution is 0.173. The van der Waals surface area contributed by atoms with Crippen molar-refractivity contribution in [1.29, 1.82) is 0 Å². The number of benzene rings is 1. The van der Waals surface area contributed by atoms with Crippen LogP contribution in [0.5, 0.6) is 11.5 Å². The summed E-state index contributed by atoms with van der Waals surface area (Å²) in [6.07, 6.45) is 3.76. The van der Waals surface area contributed by atoms with E-state index in [4.69, 9.17) is 9.47 Å². The number of hydrogen-bond acceptors (Lipinski definition) is 3.